The van der Waals surface area contributed by atoms with Crippen molar-refractivity contribution in [3.63, 3.8) is 0 Å². The third-order valence-corrected chi connectivity index (χ3v) is 2.25. The lowest BCUT2D eigenvalue weighted by Gasteiger charge is -2.03. The van der Waals surface area contributed by atoms with Gasteiger partial charge in [0, 0.05) is 0 Å². The van der Waals surface area contributed by atoms with Crippen molar-refractivity contribution in [3.05, 3.63) is 65.7 Å². The molecular formula is C14H8O4. The maximum Gasteiger partial charge on any atom is 0.386 e. The van der Waals surface area contributed by atoms with E-state index in [1.165, 1.54) is 24.3 Å². The Labute approximate surface area is 103 Å². The maximum absolute atomic E-state index is 11.7. The van der Waals surface area contributed by atoms with Crippen LogP contribution in [-0.4, -0.2) is 11.9 Å². The van der Waals surface area contributed by atoms with Crippen molar-refractivity contribution in [2.75, 3.05) is 0 Å². The van der Waals surface area contributed by atoms with Gasteiger partial charge in [-0.3, -0.25) is 0 Å². The van der Waals surface area contributed by atoms with Crippen molar-refractivity contribution in [3.8, 4) is 5.75 Å². The monoisotopic (exact) mass is 240 g/mol. The molecule has 0 bridgehead atoms. The Bertz CT molecular complexity index is 558. The maximum atomic E-state index is 11.7. The summed E-state index contributed by atoms with van der Waals surface area (Å²) >= 11 is 0. The van der Waals surface area contributed by atoms with Crippen LogP contribution in [0.25, 0.3) is 0 Å². The molecule has 2 rings (SSSR count). The topological polar surface area (TPSA) is 63.3 Å². The van der Waals surface area contributed by atoms with Crippen molar-refractivity contribution in [1.82, 2.24) is 0 Å². The van der Waals surface area contributed by atoms with E-state index in [1.807, 2.05) is 0 Å². The average molecular weight is 240 g/mol. The molecule has 0 unspecified atom stereocenters. The van der Waals surface area contributed by atoms with E-state index >= 15 is 0 Å². The van der Waals surface area contributed by atoms with Crippen LogP contribution in [-0.2, 0) is 5.11 Å². The van der Waals surface area contributed by atoms with Crippen LogP contribution in [0.2, 0.25) is 0 Å². The summed E-state index contributed by atoms with van der Waals surface area (Å²) in [6.45, 7) is 0. The summed E-state index contributed by atoms with van der Waals surface area (Å²) in [6.07, 6.45) is 0. The lowest BCUT2D eigenvalue weighted by Crippen LogP contribution is -2.08. The Morgan fingerprint density at radius 2 is 1.44 bits per heavy atom. The molecule has 0 fully saturated rings. The van der Waals surface area contributed by atoms with E-state index in [2.05, 4.69) is 6.07 Å². The van der Waals surface area contributed by atoms with E-state index in [0.717, 1.165) is 0 Å². The van der Waals surface area contributed by atoms with Gasteiger partial charge in [-0.25, -0.2) is 14.7 Å². The third-order valence-electron chi connectivity index (χ3n) is 2.25. The van der Waals surface area contributed by atoms with Gasteiger partial charge >= 0.3 is 11.9 Å². The number of hydrogen-bond donors (Lipinski definition) is 0. The first kappa shape index (κ1) is 11.9. The standard InChI is InChI=1S/C14H8O4/c15-13(16)10-6-8-11(9-7-10)14(17)18-12-4-2-1-3-5-12/h2-9H. The van der Waals surface area contributed by atoms with Gasteiger partial charge in [-0.1, -0.05) is 12.1 Å². The van der Waals surface area contributed by atoms with Crippen molar-refractivity contribution < 1.29 is 19.4 Å². The molecule has 0 aromatic heterocycles. The molecule has 0 aliphatic heterocycles. The molecule has 18 heavy (non-hydrogen) atoms. The molecule has 4 heteroatoms. The zero-order chi connectivity index (χ0) is 13.0. The van der Waals surface area contributed by atoms with Crippen molar-refractivity contribution >= 4 is 11.9 Å². The minimum Gasteiger partial charge on any atom is -0.423 e. The van der Waals surface area contributed by atoms with Crippen LogP contribution in [0, 0.1) is 6.07 Å². The van der Waals surface area contributed by atoms with Gasteiger partial charge in [0.25, 0.3) is 0 Å². The molecule has 0 spiro atoms. The molecule has 0 heterocycles. The van der Waals surface area contributed by atoms with Gasteiger partial charge in [-0.2, -0.15) is 0 Å². The minimum atomic E-state index is -1.28. The highest BCUT2D eigenvalue weighted by Gasteiger charge is 2.10. The smallest absolute Gasteiger partial charge is 0.386 e. The van der Waals surface area contributed by atoms with Crippen LogP contribution in [0.3, 0.4) is 0 Å². The molecule has 4 nitrogen and oxygen atoms in total. The quantitative estimate of drug-likeness (QED) is 0.610. The fourth-order valence-corrected chi connectivity index (χ4v) is 1.35. The zero-order valence-corrected chi connectivity index (χ0v) is 9.25. The SMILES string of the molecule is [O]C(=O)c1ccc(C(=O)Oc2cc[c]cc2)cc1. The van der Waals surface area contributed by atoms with Crippen molar-refractivity contribution in [1.29, 1.82) is 0 Å². The highest BCUT2D eigenvalue weighted by Crippen LogP contribution is 2.12. The lowest BCUT2D eigenvalue weighted by atomic mass is 10.1. The average Bonchev–Trinajstić information content (AvgIpc) is 2.40. The summed E-state index contributed by atoms with van der Waals surface area (Å²) in [6, 6.07) is 14.6. The fraction of sp³-hybridized carbons (Fsp3) is 0. The first-order valence-electron chi connectivity index (χ1n) is 5.16. The Morgan fingerprint density at radius 1 is 0.889 bits per heavy atom. The van der Waals surface area contributed by atoms with Crippen LogP contribution < -0.4 is 4.74 Å². The summed E-state index contributed by atoms with van der Waals surface area (Å²) in [7, 11) is 0. The van der Waals surface area contributed by atoms with Gasteiger partial charge in [-0.05, 0) is 42.5 Å². The third kappa shape index (κ3) is 2.74. The van der Waals surface area contributed by atoms with Crippen LogP contribution in [0.5, 0.6) is 5.75 Å². The van der Waals surface area contributed by atoms with E-state index in [-0.39, 0.29) is 11.1 Å². The Kier molecular flexibility index (Phi) is 3.38. The first-order valence-corrected chi connectivity index (χ1v) is 5.16. The predicted molar refractivity (Wildman–Crippen MR) is 61.7 cm³/mol. The predicted octanol–water partition coefficient (Wildman–Crippen LogP) is 2.28. The Balaban J connectivity index is 2.12. The fourth-order valence-electron chi connectivity index (χ4n) is 1.35. The van der Waals surface area contributed by atoms with Crippen molar-refractivity contribution in [2.24, 2.45) is 0 Å². The molecular weight excluding hydrogens is 232 g/mol. The van der Waals surface area contributed by atoms with Crippen LogP contribution in [0.1, 0.15) is 20.7 Å². The molecule has 0 aliphatic carbocycles. The highest BCUT2D eigenvalue weighted by atomic mass is 16.5. The van der Waals surface area contributed by atoms with Crippen LogP contribution in [0.4, 0.5) is 0 Å². The molecule has 0 amide bonds. The summed E-state index contributed by atoms with van der Waals surface area (Å²) in [4.78, 5) is 22.2. The van der Waals surface area contributed by atoms with Gasteiger partial charge in [0.05, 0.1) is 11.1 Å². The van der Waals surface area contributed by atoms with E-state index in [1.54, 1.807) is 24.3 Å². The number of esters is 1. The number of benzene rings is 2. The number of carbonyl (C=O) groups is 2. The van der Waals surface area contributed by atoms with E-state index < -0.39 is 11.9 Å². The largest absolute Gasteiger partial charge is 0.423 e. The minimum absolute atomic E-state index is 0.0147. The van der Waals surface area contributed by atoms with E-state index in [0.29, 0.717) is 5.75 Å². The lowest BCUT2D eigenvalue weighted by molar-refractivity contribution is 0.0571. The van der Waals surface area contributed by atoms with Gasteiger partial charge in [-0.15, -0.1) is 0 Å². The number of rotatable bonds is 3. The molecule has 0 saturated heterocycles. The molecule has 2 aromatic rings. The molecule has 88 valence electrons. The Hall–Kier alpha value is -2.62. The van der Waals surface area contributed by atoms with Gasteiger partial charge < -0.3 is 4.74 Å². The summed E-state index contributed by atoms with van der Waals surface area (Å²) < 4.78 is 5.08. The van der Waals surface area contributed by atoms with E-state index in [4.69, 9.17) is 4.74 Å². The Morgan fingerprint density at radius 3 is 2.00 bits per heavy atom. The normalized spacial score (nSPS) is 9.78. The van der Waals surface area contributed by atoms with E-state index in [9.17, 15) is 14.7 Å². The number of hydrogen-bond acceptors (Lipinski definition) is 3. The molecule has 0 N–H and O–H groups in total. The summed E-state index contributed by atoms with van der Waals surface area (Å²) in [5.74, 6) is -1.43. The second kappa shape index (κ2) is 5.14. The molecule has 0 aliphatic rings. The van der Waals surface area contributed by atoms with Crippen LogP contribution in [0.15, 0.2) is 48.5 Å². The summed E-state index contributed by atoms with van der Waals surface area (Å²) in [5, 5.41) is 10.5. The van der Waals surface area contributed by atoms with Crippen molar-refractivity contribution in [2.45, 2.75) is 0 Å². The second-order valence-electron chi connectivity index (χ2n) is 3.49. The number of carbonyl (C=O) groups excluding carboxylic acids is 2. The second-order valence-corrected chi connectivity index (χ2v) is 3.49. The number of ether oxygens (including phenoxy) is 1. The highest BCUT2D eigenvalue weighted by molar-refractivity contribution is 5.93. The summed E-state index contributed by atoms with van der Waals surface area (Å²) in [5.41, 5.74) is 0.286. The van der Waals surface area contributed by atoms with Gasteiger partial charge in [0.2, 0.25) is 0 Å². The molecule has 2 aromatic carbocycles. The zero-order valence-electron chi connectivity index (χ0n) is 9.25. The molecule has 0 atom stereocenters. The van der Waals surface area contributed by atoms with Gasteiger partial charge in [0.15, 0.2) is 0 Å². The van der Waals surface area contributed by atoms with Gasteiger partial charge in [0.1, 0.15) is 5.75 Å². The molecule has 0 saturated carbocycles. The first-order chi connectivity index (χ1) is 8.66. The van der Waals surface area contributed by atoms with Crippen LogP contribution >= 0.6 is 0 Å². The molecule has 2 radical (unpaired) electrons.